The Morgan fingerprint density at radius 1 is 0.947 bits per heavy atom. The summed E-state index contributed by atoms with van der Waals surface area (Å²) in [6.07, 6.45) is 0. The number of nitrogens with one attached hydrogen (secondary N) is 1. The van der Waals surface area contributed by atoms with Crippen molar-refractivity contribution in [2.75, 3.05) is 14.2 Å². The van der Waals surface area contributed by atoms with Gasteiger partial charge in [-0.15, -0.1) is 5.10 Å². The summed E-state index contributed by atoms with van der Waals surface area (Å²) < 4.78 is 12.8. The largest absolute Gasteiger partial charge is 0.493 e. The maximum atomic E-state index is 14.1. The Morgan fingerprint density at radius 3 is 2.34 bits per heavy atom. The molecule has 0 aliphatic carbocycles. The summed E-state index contributed by atoms with van der Waals surface area (Å²) in [5, 5.41) is 11.4. The van der Waals surface area contributed by atoms with Crippen LogP contribution < -0.4 is 14.8 Å². The normalized spacial score (nSPS) is 12.1. The maximum absolute atomic E-state index is 14.1. The molecule has 0 saturated carbocycles. The van der Waals surface area contributed by atoms with Gasteiger partial charge in [-0.05, 0) is 44.5 Å². The predicted molar refractivity (Wildman–Crippen MR) is 145 cm³/mol. The lowest BCUT2D eigenvalue weighted by molar-refractivity contribution is -0.142. The van der Waals surface area contributed by atoms with Gasteiger partial charge in [0.05, 0.1) is 19.7 Å². The Balaban J connectivity index is 1.84. The lowest BCUT2D eigenvalue weighted by Crippen LogP contribution is -2.49. The molecule has 2 amide bonds. The zero-order chi connectivity index (χ0) is 27.3. The van der Waals surface area contributed by atoms with Crippen LogP contribution in [0.25, 0.3) is 11.0 Å². The van der Waals surface area contributed by atoms with Crippen LogP contribution in [0.5, 0.6) is 11.5 Å². The van der Waals surface area contributed by atoms with Gasteiger partial charge in [0, 0.05) is 17.6 Å². The van der Waals surface area contributed by atoms with Gasteiger partial charge in [-0.2, -0.15) is 0 Å². The Kier molecular flexibility index (Phi) is 7.95. The van der Waals surface area contributed by atoms with E-state index in [-0.39, 0.29) is 24.9 Å². The van der Waals surface area contributed by atoms with Crippen molar-refractivity contribution in [3.05, 3.63) is 83.9 Å². The highest BCUT2D eigenvalue weighted by molar-refractivity contribution is 5.90. The van der Waals surface area contributed by atoms with Crippen LogP contribution in [0.3, 0.4) is 0 Å². The third-order valence-electron chi connectivity index (χ3n) is 6.01. The zero-order valence-electron chi connectivity index (χ0n) is 22.3. The van der Waals surface area contributed by atoms with E-state index in [4.69, 9.17) is 9.47 Å². The minimum atomic E-state index is -1.01. The number of hydrogen-bond acceptors (Lipinski definition) is 6. The van der Waals surface area contributed by atoms with Gasteiger partial charge >= 0.3 is 0 Å². The second kappa shape index (κ2) is 11.3. The summed E-state index contributed by atoms with van der Waals surface area (Å²) in [4.78, 5) is 29.6. The van der Waals surface area contributed by atoms with E-state index in [0.717, 1.165) is 11.1 Å². The molecule has 0 aliphatic heterocycles. The van der Waals surface area contributed by atoms with Gasteiger partial charge in [0.2, 0.25) is 11.8 Å². The molecular formula is C29H33N5O4. The number of para-hydroxylation sites is 2. The first-order valence-corrected chi connectivity index (χ1v) is 12.4. The number of benzene rings is 3. The van der Waals surface area contributed by atoms with E-state index in [1.807, 2.05) is 75.4 Å². The first-order chi connectivity index (χ1) is 18.2. The lowest BCUT2D eigenvalue weighted by Gasteiger charge is -2.34. The molecule has 1 atom stereocenters. The molecule has 0 unspecified atom stereocenters. The Labute approximate surface area is 222 Å². The topological polar surface area (TPSA) is 98.6 Å². The zero-order valence-corrected chi connectivity index (χ0v) is 22.3. The maximum Gasteiger partial charge on any atom is 0.248 e. The molecule has 4 aromatic rings. The van der Waals surface area contributed by atoms with Gasteiger partial charge in [0.1, 0.15) is 18.1 Å². The van der Waals surface area contributed by atoms with E-state index >= 15 is 0 Å². The highest BCUT2D eigenvalue weighted by Gasteiger charge is 2.36. The summed E-state index contributed by atoms with van der Waals surface area (Å²) in [5.74, 6) is 0.217. The SMILES string of the molecule is COc1cccc([C@@H](C(=O)NC(C)(C)C)N(Cc2ccccc2)C(=O)Cn2nnc3ccccc32)c1OC. The molecule has 4 rings (SSSR count). The second-order valence-corrected chi connectivity index (χ2v) is 9.97. The van der Waals surface area contributed by atoms with E-state index < -0.39 is 11.6 Å². The van der Waals surface area contributed by atoms with Crippen LogP contribution in [-0.2, 0) is 22.7 Å². The van der Waals surface area contributed by atoms with E-state index in [0.29, 0.717) is 22.6 Å². The molecule has 38 heavy (non-hydrogen) atoms. The molecule has 0 spiro atoms. The molecule has 0 aliphatic rings. The van der Waals surface area contributed by atoms with E-state index in [9.17, 15) is 9.59 Å². The number of methoxy groups -OCH3 is 2. The number of hydrogen-bond donors (Lipinski definition) is 1. The van der Waals surface area contributed by atoms with Gasteiger partial charge in [-0.25, -0.2) is 4.68 Å². The molecule has 1 aromatic heterocycles. The van der Waals surface area contributed by atoms with Gasteiger partial charge < -0.3 is 19.7 Å². The smallest absolute Gasteiger partial charge is 0.248 e. The van der Waals surface area contributed by atoms with Crippen LogP contribution in [0.4, 0.5) is 0 Å². The third-order valence-corrected chi connectivity index (χ3v) is 6.01. The highest BCUT2D eigenvalue weighted by Crippen LogP contribution is 2.38. The second-order valence-electron chi connectivity index (χ2n) is 9.97. The molecule has 0 saturated heterocycles. The minimum absolute atomic E-state index is 0.0983. The summed E-state index contributed by atoms with van der Waals surface area (Å²) in [6, 6.07) is 21.3. The molecule has 198 valence electrons. The number of carbonyl (C=O) groups excluding carboxylic acids is 2. The number of rotatable bonds is 9. The number of fused-ring (bicyclic) bond motifs is 1. The fourth-order valence-corrected chi connectivity index (χ4v) is 4.37. The van der Waals surface area contributed by atoms with Crippen LogP contribution in [0.1, 0.15) is 37.9 Å². The lowest BCUT2D eigenvalue weighted by atomic mass is 9.99. The van der Waals surface area contributed by atoms with Gasteiger partial charge in [-0.3, -0.25) is 9.59 Å². The average molecular weight is 516 g/mol. The number of carbonyl (C=O) groups is 2. The fourth-order valence-electron chi connectivity index (χ4n) is 4.37. The number of nitrogens with zero attached hydrogens (tertiary/aromatic N) is 4. The Hall–Kier alpha value is -4.40. The number of amides is 2. The Morgan fingerprint density at radius 2 is 1.66 bits per heavy atom. The minimum Gasteiger partial charge on any atom is -0.493 e. The summed E-state index contributed by atoms with van der Waals surface area (Å²) in [5.41, 5.74) is 2.27. The van der Waals surface area contributed by atoms with Gasteiger partial charge in [0.25, 0.3) is 0 Å². The van der Waals surface area contributed by atoms with Crippen LogP contribution in [0.2, 0.25) is 0 Å². The van der Waals surface area contributed by atoms with Crippen molar-refractivity contribution in [1.29, 1.82) is 0 Å². The number of ether oxygens (including phenoxy) is 2. The third kappa shape index (κ3) is 5.94. The monoisotopic (exact) mass is 515 g/mol. The van der Waals surface area contributed by atoms with Crippen LogP contribution in [-0.4, -0.2) is 51.5 Å². The molecule has 3 aromatic carbocycles. The Bertz CT molecular complexity index is 1410. The van der Waals surface area contributed by atoms with Crippen molar-refractivity contribution in [3.8, 4) is 11.5 Å². The van der Waals surface area contributed by atoms with Crippen LogP contribution >= 0.6 is 0 Å². The van der Waals surface area contributed by atoms with Gasteiger partial charge in [-0.1, -0.05) is 59.8 Å². The van der Waals surface area contributed by atoms with E-state index in [1.54, 1.807) is 27.8 Å². The van der Waals surface area contributed by atoms with Crippen molar-refractivity contribution in [2.24, 2.45) is 0 Å². The highest BCUT2D eigenvalue weighted by atomic mass is 16.5. The summed E-state index contributed by atoms with van der Waals surface area (Å²) >= 11 is 0. The van der Waals surface area contributed by atoms with Gasteiger partial charge in [0.15, 0.2) is 11.5 Å². The summed E-state index contributed by atoms with van der Waals surface area (Å²) in [7, 11) is 3.06. The molecule has 0 bridgehead atoms. The average Bonchev–Trinajstić information content (AvgIpc) is 3.30. The molecule has 0 fully saturated rings. The van der Waals surface area contributed by atoms with Crippen molar-refractivity contribution in [3.63, 3.8) is 0 Å². The standard InChI is InChI=1S/C29H33N5O4/c1-29(2,3)30-28(36)26(21-14-11-17-24(37-4)27(21)38-5)33(18-20-12-7-6-8-13-20)25(35)19-34-23-16-10-9-15-22(23)31-32-34/h6-17,26H,18-19H2,1-5H3,(H,30,36)/t26-/m0/s1. The van der Waals surface area contributed by atoms with Crippen LogP contribution in [0.15, 0.2) is 72.8 Å². The molecule has 1 N–H and O–H groups in total. The predicted octanol–water partition coefficient (Wildman–Crippen LogP) is 4.13. The van der Waals surface area contributed by atoms with E-state index in [2.05, 4.69) is 15.6 Å². The molecular weight excluding hydrogens is 482 g/mol. The molecule has 1 heterocycles. The molecule has 9 heteroatoms. The molecule has 0 radical (unpaired) electrons. The molecule has 9 nitrogen and oxygen atoms in total. The van der Waals surface area contributed by atoms with E-state index in [1.165, 1.54) is 14.2 Å². The van der Waals surface area contributed by atoms with Crippen molar-refractivity contribution in [1.82, 2.24) is 25.2 Å². The quantitative estimate of drug-likeness (QED) is 0.360. The van der Waals surface area contributed by atoms with Crippen LogP contribution in [0, 0.1) is 0 Å². The number of aromatic nitrogens is 3. The van der Waals surface area contributed by atoms with Crippen molar-refractivity contribution in [2.45, 2.75) is 45.4 Å². The summed E-state index contributed by atoms with van der Waals surface area (Å²) in [6.45, 7) is 5.79. The fraction of sp³-hybridized carbons (Fsp3) is 0.310. The van der Waals surface area contributed by atoms with Crippen molar-refractivity contribution >= 4 is 22.8 Å². The first-order valence-electron chi connectivity index (χ1n) is 12.4. The van der Waals surface area contributed by atoms with Crippen molar-refractivity contribution < 1.29 is 19.1 Å². The first kappa shape index (κ1) is 26.7.